The molecule has 0 saturated carbocycles. The van der Waals surface area contributed by atoms with Crippen LogP contribution in [0, 0.1) is 0 Å². The third-order valence-corrected chi connectivity index (χ3v) is 5.86. The molecular weight excluding hydrogens is 438 g/mol. The van der Waals surface area contributed by atoms with Crippen molar-refractivity contribution in [3.63, 3.8) is 0 Å². The van der Waals surface area contributed by atoms with Crippen LogP contribution in [0.25, 0.3) is 16.8 Å². The van der Waals surface area contributed by atoms with E-state index in [-0.39, 0.29) is 6.09 Å². The first-order valence-electron chi connectivity index (χ1n) is 12.2. The van der Waals surface area contributed by atoms with Crippen LogP contribution in [0.3, 0.4) is 0 Å². The second-order valence-electron chi connectivity index (χ2n) is 10.1. The number of hydrogen-bond acceptors (Lipinski definition) is 6. The number of rotatable bonds is 5. The number of nitrogens with one attached hydrogen (secondary N) is 1. The van der Waals surface area contributed by atoms with Crippen molar-refractivity contribution in [3.05, 3.63) is 72.0 Å². The van der Waals surface area contributed by atoms with Crippen LogP contribution < -0.4 is 5.32 Å². The summed E-state index contributed by atoms with van der Waals surface area (Å²) in [6.07, 6.45) is 9.29. The lowest BCUT2D eigenvalue weighted by Gasteiger charge is -2.28. The Kier molecular flexibility index (Phi) is 7.24. The number of carbonyl (C=O) groups is 1. The van der Waals surface area contributed by atoms with Crippen LogP contribution in [0.5, 0.6) is 0 Å². The largest absolute Gasteiger partial charge is 0.443 e. The molecule has 0 unspecified atom stereocenters. The predicted molar refractivity (Wildman–Crippen MR) is 140 cm³/mol. The Morgan fingerprint density at radius 3 is 2.49 bits per heavy atom. The van der Waals surface area contributed by atoms with Crippen LogP contribution in [-0.4, -0.2) is 52.1 Å². The van der Waals surface area contributed by atoms with E-state index >= 15 is 0 Å². The fraction of sp³-hybridized carbons (Fsp3) is 0.393. The number of amides is 1. The smallest absolute Gasteiger partial charge is 0.414 e. The van der Waals surface area contributed by atoms with E-state index in [0.717, 1.165) is 54.0 Å². The number of hydrogen-bond donors (Lipinski definition) is 1. The number of aromatic nitrogens is 2. The molecule has 1 N–H and O–H groups in total. The van der Waals surface area contributed by atoms with E-state index in [9.17, 15) is 4.79 Å². The number of benzene rings is 1. The molecule has 4 rings (SSSR count). The predicted octanol–water partition coefficient (Wildman–Crippen LogP) is 6.05. The molecule has 1 aromatic heterocycles. The summed E-state index contributed by atoms with van der Waals surface area (Å²) >= 11 is 0. The Hall–Kier alpha value is -3.61. The first-order valence-corrected chi connectivity index (χ1v) is 12.2. The van der Waals surface area contributed by atoms with Gasteiger partial charge in [-0.25, -0.2) is 14.8 Å². The molecule has 2 aliphatic rings. The maximum atomic E-state index is 12.7. The lowest BCUT2D eigenvalue weighted by molar-refractivity contribution is 0.0329. The Morgan fingerprint density at radius 1 is 1.06 bits per heavy atom. The lowest BCUT2D eigenvalue weighted by atomic mass is 10.1. The van der Waals surface area contributed by atoms with Crippen molar-refractivity contribution in [1.29, 1.82) is 0 Å². The van der Waals surface area contributed by atoms with Gasteiger partial charge in [0.1, 0.15) is 11.4 Å². The zero-order valence-electron chi connectivity index (χ0n) is 21.3. The zero-order valence-corrected chi connectivity index (χ0v) is 21.3. The fourth-order valence-electron chi connectivity index (χ4n) is 4.07. The maximum absolute atomic E-state index is 12.7. The number of anilines is 1. The third kappa shape index (κ3) is 6.50. The van der Waals surface area contributed by atoms with Gasteiger partial charge >= 0.3 is 6.09 Å². The van der Waals surface area contributed by atoms with Gasteiger partial charge in [0, 0.05) is 55.4 Å². The molecule has 0 radical (unpaired) electrons. The van der Waals surface area contributed by atoms with Crippen molar-refractivity contribution in [2.45, 2.75) is 52.1 Å². The normalized spacial score (nSPS) is 16.1. The highest BCUT2D eigenvalue weighted by Gasteiger charge is 2.25. The third-order valence-electron chi connectivity index (χ3n) is 5.86. The molecule has 0 saturated heterocycles. The van der Waals surface area contributed by atoms with Gasteiger partial charge in [-0.2, -0.15) is 0 Å². The van der Waals surface area contributed by atoms with Gasteiger partial charge in [0.25, 0.3) is 0 Å². The second kappa shape index (κ2) is 10.3. The molecule has 0 fully saturated rings. The standard InChI is InChI=1S/C28H35N5O2/c1-28(2,3)35-27(34)33-17-9-12-21(19-33)26-30-24(20-10-7-6-8-11-20)18-25(31-26)29-22-13-15-23(16-14-22)32(4)5/h6-8,10-11,13,15,18-19H,9,12,14,16-17H2,1-5H3,(H,29,30,31). The average Bonchev–Trinajstić information content (AvgIpc) is 2.84. The van der Waals surface area contributed by atoms with Crippen molar-refractivity contribution in [2.75, 3.05) is 26.0 Å². The van der Waals surface area contributed by atoms with Gasteiger partial charge in [-0.1, -0.05) is 30.3 Å². The van der Waals surface area contributed by atoms with Crippen molar-refractivity contribution in [2.24, 2.45) is 0 Å². The molecule has 2 aromatic rings. The van der Waals surface area contributed by atoms with Crippen LogP contribution in [0.2, 0.25) is 0 Å². The van der Waals surface area contributed by atoms with E-state index in [1.165, 1.54) is 5.70 Å². The van der Waals surface area contributed by atoms with E-state index < -0.39 is 5.60 Å². The highest BCUT2D eigenvalue weighted by molar-refractivity contribution is 5.75. The van der Waals surface area contributed by atoms with Crippen LogP contribution in [-0.2, 0) is 4.74 Å². The first kappa shape index (κ1) is 24.5. The van der Waals surface area contributed by atoms with E-state index in [0.29, 0.717) is 12.4 Å². The molecule has 7 heteroatoms. The number of ether oxygens (including phenoxy) is 1. The SMILES string of the molecule is CN(C)C1=CC=C(Nc2cc(-c3ccccc3)nc(C3=CN(C(=O)OC(C)(C)C)CCC3)n2)CC1. The lowest BCUT2D eigenvalue weighted by Crippen LogP contribution is -2.35. The highest BCUT2D eigenvalue weighted by Crippen LogP contribution is 2.29. The van der Waals surface area contributed by atoms with Crippen LogP contribution in [0.15, 0.2) is 66.1 Å². The molecule has 1 aliphatic heterocycles. The topological polar surface area (TPSA) is 70.6 Å². The zero-order chi connectivity index (χ0) is 25.0. The van der Waals surface area contributed by atoms with Gasteiger partial charge in [-0.15, -0.1) is 0 Å². The van der Waals surface area contributed by atoms with Gasteiger partial charge in [-0.05, 0) is 58.6 Å². The molecule has 184 valence electrons. The van der Waals surface area contributed by atoms with Crippen molar-refractivity contribution >= 4 is 17.5 Å². The number of allylic oxidation sites excluding steroid dienone is 5. The van der Waals surface area contributed by atoms with Crippen LogP contribution in [0.1, 0.15) is 52.3 Å². The van der Waals surface area contributed by atoms with Crippen LogP contribution in [0.4, 0.5) is 10.6 Å². The second-order valence-corrected chi connectivity index (χ2v) is 10.1. The summed E-state index contributed by atoms with van der Waals surface area (Å²) in [6, 6.07) is 12.1. The summed E-state index contributed by atoms with van der Waals surface area (Å²) in [7, 11) is 4.14. The van der Waals surface area contributed by atoms with Crippen LogP contribution >= 0.6 is 0 Å². The Morgan fingerprint density at radius 2 is 1.83 bits per heavy atom. The maximum Gasteiger partial charge on any atom is 0.414 e. The highest BCUT2D eigenvalue weighted by atomic mass is 16.6. The van der Waals surface area contributed by atoms with Crippen molar-refractivity contribution < 1.29 is 9.53 Å². The van der Waals surface area contributed by atoms with Gasteiger partial charge < -0.3 is 15.0 Å². The van der Waals surface area contributed by atoms with Gasteiger partial charge in [0.15, 0.2) is 5.82 Å². The molecular formula is C28H35N5O2. The summed E-state index contributed by atoms with van der Waals surface area (Å²) in [5, 5.41) is 3.51. The van der Waals surface area contributed by atoms with E-state index in [1.54, 1.807) is 4.90 Å². The molecule has 35 heavy (non-hydrogen) atoms. The van der Waals surface area contributed by atoms with E-state index in [4.69, 9.17) is 14.7 Å². The molecule has 7 nitrogen and oxygen atoms in total. The minimum atomic E-state index is -0.544. The summed E-state index contributed by atoms with van der Waals surface area (Å²) < 4.78 is 5.58. The molecule has 1 amide bonds. The molecule has 2 heterocycles. The summed E-state index contributed by atoms with van der Waals surface area (Å²) in [5.74, 6) is 1.38. The molecule has 1 aromatic carbocycles. The molecule has 0 bridgehead atoms. The number of carbonyl (C=O) groups excluding carboxylic acids is 1. The summed E-state index contributed by atoms with van der Waals surface area (Å²) in [5.41, 5.74) is 4.67. The molecule has 0 atom stereocenters. The van der Waals surface area contributed by atoms with Gasteiger partial charge in [0.2, 0.25) is 0 Å². The minimum absolute atomic E-state index is 0.344. The summed E-state index contributed by atoms with van der Waals surface area (Å²) in [4.78, 5) is 26.2. The van der Waals surface area contributed by atoms with E-state index in [1.807, 2.05) is 63.4 Å². The van der Waals surface area contributed by atoms with Crippen molar-refractivity contribution in [1.82, 2.24) is 19.8 Å². The minimum Gasteiger partial charge on any atom is -0.443 e. The monoisotopic (exact) mass is 473 g/mol. The first-order chi connectivity index (χ1) is 16.7. The molecule has 0 spiro atoms. The summed E-state index contributed by atoms with van der Waals surface area (Å²) in [6.45, 7) is 6.25. The average molecular weight is 474 g/mol. The quantitative estimate of drug-likeness (QED) is 0.570. The fourth-order valence-corrected chi connectivity index (χ4v) is 4.07. The Balaban J connectivity index is 1.67. The van der Waals surface area contributed by atoms with E-state index in [2.05, 4.69) is 36.5 Å². The van der Waals surface area contributed by atoms with Gasteiger partial charge in [-0.3, -0.25) is 4.90 Å². The Bertz CT molecular complexity index is 1160. The van der Waals surface area contributed by atoms with Gasteiger partial charge in [0.05, 0.1) is 5.69 Å². The molecule has 1 aliphatic carbocycles. The Labute approximate surface area is 208 Å². The number of nitrogens with zero attached hydrogens (tertiary/aromatic N) is 4. The van der Waals surface area contributed by atoms with Crippen molar-refractivity contribution in [3.8, 4) is 11.3 Å².